The van der Waals surface area contributed by atoms with Crippen molar-refractivity contribution < 1.29 is 4.79 Å². The lowest BCUT2D eigenvalue weighted by Gasteiger charge is -2.34. The highest BCUT2D eigenvalue weighted by Gasteiger charge is 2.30. The van der Waals surface area contributed by atoms with Gasteiger partial charge in [-0.25, -0.2) is 14.6 Å². The summed E-state index contributed by atoms with van der Waals surface area (Å²) in [5.41, 5.74) is 1.72. The van der Waals surface area contributed by atoms with Crippen molar-refractivity contribution in [2.75, 3.05) is 6.54 Å². The normalized spacial score (nSPS) is 16.9. The van der Waals surface area contributed by atoms with Crippen LogP contribution in [0.4, 0.5) is 0 Å². The molecule has 1 amide bonds. The maximum atomic E-state index is 12.7. The zero-order valence-corrected chi connectivity index (χ0v) is 13.3. The van der Waals surface area contributed by atoms with E-state index in [0.717, 1.165) is 18.1 Å². The molecular formula is C16H17N7O. The summed E-state index contributed by atoms with van der Waals surface area (Å²) in [6.07, 6.45) is 8.34. The largest absolute Gasteiger partial charge is 0.327 e. The molecule has 0 aliphatic carbocycles. The van der Waals surface area contributed by atoms with Crippen molar-refractivity contribution in [3.05, 3.63) is 60.5 Å². The van der Waals surface area contributed by atoms with Crippen LogP contribution in [0.25, 0.3) is 0 Å². The van der Waals surface area contributed by atoms with Gasteiger partial charge in [-0.15, -0.1) is 0 Å². The Morgan fingerprint density at radius 2 is 2.08 bits per heavy atom. The van der Waals surface area contributed by atoms with Crippen molar-refractivity contribution in [2.45, 2.75) is 26.1 Å². The minimum atomic E-state index is -0.0797. The van der Waals surface area contributed by atoms with Crippen LogP contribution in [0.15, 0.2) is 43.4 Å². The number of rotatable bonds is 3. The molecule has 4 rings (SSSR count). The standard InChI is InChI=1S/C16H17N7O/c1-12-15-19-8-14(9-21-11-18-10-20-21)23(15)7-6-22(12)16(24)13-2-4-17-5-3-13/h2-5,8,10-12H,6-7,9H2,1H3. The molecule has 0 saturated carbocycles. The number of hydrogen-bond donors (Lipinski definition) is 0. The Hall–Kier alpha value is -3.03. The molecule has 0 saturated heterocycles. The fourth-order valence-corrected chi connectivity index (χ4v) is 3.10. The molecule has 3 aromatic heterocycles. The molecule has 3 aromatic rings. The zero-order valence-electron chi connectivity index (χ0n) is 13.3. The van der Waals surface area contributed by atoms with E-state index in [1.54, 1.807) is 35.5 Å². The van der Waals surface area contributed by atoms with Gasteiger partial charge in [-0.05, 0) is 19.1 Å². The van der Waals surface area contributed by atoms with Gasteiger partial charge in [0.25, 0.3) is 5.91 Å². The fourth-order valence-electron chi connectivity index (χ4n) is 3.10. The number of imidazole rings is 1. The van der Waals surface area contributed by atoms with Gasteiger partial charge in [-0.3, -0.25) is 9.78 Å². The summed E-state index contributed by atoms with van der Waals surface area (Å²) in [5, 5.41) is 4.14. The molecule has 0 aromatic carbocycles. The van der Waals surface area contributed by atoms with E-state index in [-0.39, 0.29) is 11.9 Å². The number of carbonyl (C=O) groups excluding carboxylic acids is 1. The Morgan fingerprint density at radius 1 is 1.25 bits per heavy atom. The van der Waals surface area contributed by atoms with Crippen molar-refractivity contribution in [3.8, 4) is 0 Å². The van der Waals surface area contributed by atoms with Crippen LogP contribution in [-0.4, -0.2) is 46.7 Å². The van der Waals surface area contributed by atoms with E-state index in [4.69, 9.17) is 0 Å². The van der Waals surface area contributed by atoms with Crippen LogP contribution in [0.1, 0.15) is 34.8 Å². The molecule has 0 radical (unpaired) electrons. The molecule has 8 nitrogen and oxygen atoms in total. The van der Waals surface area contributed by atoms with Crippen LogP contribution in [0.3, 0.4) is 0 Å². The van der Waals surface area contributed by atoms with Gasteiger partial charge in [0.15, 0.2) is 0 Å². The third kappa shape index (κ3) is 2.45. The maximum Gasteiger partial charge on any atom is 0.254 e. The predicted molar refractivity (Wildman–Crippen MR) is 85.0 cm³/mol. The second-order valence-corrected chi connectivity index (χ2v) is 5.76. The number of hydrogen-bond acceptors (Lipinski definition) is 5. The number of nitrogens with zero attached hydrogens (tertiary/aromatic N) is 7. The molecule has 0 fully saturated rings. The van der Waals surface area contributed by atoms with Crippen LogP contribution >= 0.6 is 0 Å². The summed E-state index contributed by atoms with van der Waals surface area (Å²) in [6, 6.07) is 3.40. The van der Waals surface area contributed by atoms with E-state index in [2.05, 4.69) is 24.6 Å². The molecule has 8 heteroatoms. The molecule has 0 N–H and O–H groups in total. The molecule has 122 valence electrons. The molecule has 24 heavy (non-hydrogen) atoms. The third-order valence-corrected chi connectivity index (χ3v) is 4.35. The van der Waals surface area contributed by atoms with Crippen LogP contribution in [0, 0.1) is 0 Å². The molecule has 1 unspecified atom stereocenters. The summed E-state index contributed by atoms with van der Waals surface area (Å²) < 4.78 is 3.94. The minimum absolute atomic E-state index is 0.0111. The second-order valence-electron chi connectivity index (χ2n) is 5.76. The highest BCUT2D eigenvalue weighted by atomic mass is 16.2. The van der Waals surface area contributed by atoms with E-state index in [1.807, 2.05) is 18.0 Å². The number of amides is 1. The third-order valence-electron chi connectivity index (χ3n) is 4.35. The van der Waals surface area contributed by atoms with Crippen molar-refractivity contribution in [2.24, 2.45) is 0 Å². The Kier molecular flexibility index (Phi) is 3.56. The SMILES string of the molecule is CC1c2ncc(Cn3cncn3)n2CCN1C(=O)c1ccncc1. The van der Waals surface area contributed by atoms with Crippen LogP contribution in [0.2, 0.25) is 0 Å². The molecule has 0 bridgehead atoms. The Morgan fingerprint density at radius 3 is 2.83 bits per heavy atom. The average molecular weight is 323 g/mol. The van der Waals surface area contributed by atoms with Crippen LogP contribution in [0.5, 0.6) is 0 Å². The Balaban J connectivity index is 1.58. The van der Waals surface area contributed by atoms with E-state index in [0.29, 0.717) is 18.7 Å². The molecule has 0 spiro atoms. The molecule has 4 heterocycles. The average Bonchev–Trinajstić information content (AvgIpc) is 3.27. The highest BCUT2D eigenvalue weighted by Crippen LogP contribution is 2.27. The lowest BCUT2D eigenvalue weighted by atomic mass is 10.1. The molecular weight excluding hydrogens is 306 g/mol. The Bertz CT molecular complexity index is 841. The van der Waals surface area contributed by atoms with E-state index in [1.165, 1.54) is 6.33 Å². The van der Waals surface area contributed by atoms with Crippen molar-refractivity contribution >= 4 is 5.91 Å². The van der Waals surface area contributed by atoms with Gasteiger partial charge in [-0.1, -0.05) is 0 Å². The fraction of sp³-hybridized carbons (Fsp3) is 0.312. The van der Waals surface area contributed by atoms with Gasteiger partial charge in [0, 0.05) is 31.0 Å². The first-order valence-electron chi connectivity index (χ1n) is 7.82. The summed E-state index contributed by atoms with van der Waals surface area (Å²) >= 11 is 0. The lowest BCUT2D eigenvalue weighted by Crippen LogP contribution is -2.41. The molecule has 1 aliphatic rings. The summed E-state index contributed by atoms with van der Waals surface area (Å²) in [7, 11) is 0. The first-order valence-corrected chi connectivity index (χ1v) is 7.82. The summed E-state index contributed by atoms with van der Waals surface area (Å²) in [4.78, 5) is 27.0. The number of fused-ring (bicyclic) bond motifs is 1. The second kappa shape index (κ2) is 5.88. The quantitative estimate of drug-likeness (QED) is 0.722. The minimum Gasteiger partial charge on any atom is -0.327 e. The van der Waals surface area contributed by atoms with E-state index >= 15 is 0 Å². The summed E-state index contributed by atoms with van der Waals surface area (Å²) in [6.45, 7) is 4.00. The van der Waals surface area contributed by atoms with E-state index < -0.39 is 0 Å². The van der Waals surface area contributed by atoms with E-state index in [9.17, 15) is 4.79 Å². The smallest absolute Gasteiger partial charge is 0.254 e. The van der Waals surface area contributed by atoms with Gasteiger partial charge in [0.1, 0.15) is 18.5 Å². The number of aromatic nitrogens is 6. The van der Waals surface area contributed by atoms with Gasteiger partial charge in [0.05, 0.1) is 24.5 Å². The summed E-state index contributed by atoms with van der Waals surface area (Å²) in [5.74, 6) is 0.913. The highest BCUT2D eigenvalue weighted by molar-refractivity contribution is 5.94. The number of pyridine rings is 1. The predicted octanol–water partition coefficient (Wildman–Crippen LogP) is 1.13. The molecule has 1 aliphatic heterocycles. The van der Waals surface area contributed by atoms with Gasteiger partial charge in [0.2, 0.25) is 0 Å². The van der Waals surface area contributed by atoms with Crippen molar-refractivity contribution in [3.63, 3.8) is 0 Å². The van der Waals surface area contributed by atoms with Gasteiger partial charge < -0.3 is 9.47 Å². The van der Waals surface area contributed by atoms with Crippen LogP contribution < -0.4 is 0 Å². The van der Waals surface area contributed by atoms with Crippen molar-refractivity contribution in [1.29, 1.82) is 0 Å². The first-order chi connectivity index (χ1) is 11.7. The van der Waals surface area contributed by atoms with Crippen LogP contribution in [-0.2, 0) is 13.1 Å². The van der Waals surface area contributed by atoms with Crippen molar-refractivity contribution in [1.82, 2.24) is 34.2 Å². The topological polar surface area (TPSA) is 81.7 Å². The number of carbonyl (C=O) groups is 1. The molecule has 1 atom stereocenters. The maximum absolute atomic E-state index is 12.7. The zero-order chi connectivity index (χ0) is 16.5. The van der Waals surface area contributed by atoms with Gasteiger partial charge in [-0.2, -0.15) is 5.10 Å². The first kappa shape index (κ1) is 14.6. The lowest BCUT2D eigenvalue weighted by molar-refractivity contribution is 0.0636. The monoisotopic (exact) mass is 323 g/mol. The Labute approximate surface area is 138 Å². The van der Waals surface area contributed by atoms with Gasteiger partial charge >= 0.3 is 0 Å².